The van der Waals surface area contributed by atoms with Crippen LogP contribution in [0.5, 0.6) is 0 Å². The van der Waals surface area contributed by atoms with E-state index in [1.54, 1.807) is 0 Å². The average Bonchev–Trinajstić information content (AvgIpc) is 3.29. The van der Waals surface area contributed by atoms with Crippen LogP contribution in [0.2, 0.25) is 0 Å². The molecule has 1 rings (SSSR count). The zero-order valence-electron chi connectivity index (χ0n) is 41.3. The summed E-state index contributed by atoms with van der Waals surface area (Å²) in [6, 6.07) is 0. The third-order valence-corrected chi connectivity index (χ3v) is 13.9. The summed E-state index contributed by atoms with van der Waals surface area (Å²) < 4.78 is 33.7. The van der Waals surface area contributed by atoms with Crippen LogP contribution in [0.4, 0.5) is 0 Å². The van der Waals surface area contributed by atoms with Crippen molar-refractivity contribution in [1.82, 2.24) is 0 Å². The SMILES string of the molecule is CCCCCCCCCCCCCCCCCCCCC(=O)OC[C@@H](COP(=O)(O)OC1C(O)C(O)C(O)[C@H](O)C1O)OC(=O)CCCCCCCCCCCCCCCCCCCC. The van der Waals surface area contributed by atoms with Gasteiger partial charge in [-0.25, -0.2) is 4.57 Å². The highest BCUT2D eigenvalue weighted by Gasteiger charge is 2.51. The summed E-state index contributed by atoms with van der Waals surface area (Å²) in [5.41, 5.74) is 0. The lowest BCUT2D eigenvalue weighted by Crippen LogP contribution is -2.64. The summed E-state index contributed by atoms with van der Waals surface area (Å²) in [7, 11) is -5.11. The summed E-state index contributed by atoms with van der Waals surface area (Å²) >= 11 is 0. The topological polar surface area (TPSA) is 210 Å². The summed E-state index contributed by atoms with van der Waals surface area (Å²) in [4.78, 5) is 35.9. The van der Waals surface area contributed by atoms with Crippen molar-refractivity contribution in [2.24, 2.45) is 0 Å². The molecule has 386 valence electrons. The van der Waals surface area contributed by atoms with E-state index in [1.807, 2.05) is 0 Å². The minimum atomic E-state index is -5.11. The van der Waals surface area contributed by atoms with Gasteiger partial charge < -0.3 is 39.9 Å². The predicted molar refractivity (Wildman–Crippen MR) is 258 cm³/mol. The van der Waals surface area contributed by atoms with E-state index in [0.717, 1.165) is 38.5 Å². The molecule has 0 spiro atoms. The van der Waals surface area contributed by atoms with Crippen molar-refractivity contribution in [2.75, 3.05) is 13.2 Å². The molecule has 0 aromatic rings. The molecular weight excluding hydrogens is 852 g/mol. The van der Waals surface area contributed by atoms with Gasteiger partial charge in [-0.1, -0.05) is 232 Å². The molecule has 0 radical (unpaired) electrons. The lowest BCUT2D eigenvalue weighted by Gasteiger charge is -2.41. The van der Waals surface area contributed by atoms with E-state index in [1.165, 1.54) is 180 Å². The first-order valence-corrected chi connectivity index (χ1v) is 28.3. The molecular formula is C51H99O13P. The zero-order chi connectivity index (χ0) is 47.8. The molecule has 8 atom stereocenters. The molecule has 14 heteroatoms. The summed E-state index contributed by atoms with van der Waals surface area (Å²) in [6.07, 6.45) is 31.5. The van der Waals surface area contributed by atoms with E-state index in [9.17, 15) is 44.6 Å². The van der Waals surface area contributed by atoms with E-state index in [4.69, 9.17) is 18.5 Å². The van der Waals surface area contributed by atoms with Gasteiger partial charge in [0.2, 0.25) is 0 Å². The second-order valence-corrected chi connectivity index (χ2v) is 20.5. The van der Waals surface area contributed by atoms with Gasteiger partial charge in [-0.2, -0.15) is 0 Å². The predicted octanol–water partition coefficient (Wildman–Crippen LogP) is 11.6. The number of aliphatic hydroxyl groups excluding tert-OH is 5. The highest BCUT2D eigenvalue weighted by molar-refractivity contribution is 7.47. The standard InChI is InChI=1S/C51H99O13P/c1-3-5-7-9-11-13-15-17-19-21-23-25-27-29-31-33-35-37-39-44(52)61-41-43(42-62-65(59,60)64-51-49(57)47(55)46(54)48(56)50(51)58)63-45(53)40-38-36-34-32-30-28-26-24-22-20-18-16-14-12-10-8-6-4-2/h43,46-51,54-58H,3-42H2,1-2H3,(H,59,60)/t43-,46?,47-,48?,49?,50?,51?/m0/s1. The van der Waals surface area contributed by atoms with Gasteiger partial charge in [0, 0.05) is 12.8 Å². The van der Waals surface area contributed by atoms with E-state index in [2.05, 4.69) is 13.8 Å². The van der Waals surface area contributed by atoms with Crippen LogP contribution in [0.1, 0.15) is 258 Å². The van der Waals surface area contributed by atoms with Gasteiger partial charge in [-0.3, -0.25) is 18.6 Å². The Hall–Kier alpha value is -1.15. The van der Waals surface area contributed by atoms with Gasteiger partial charge in [0.05, 0.1) is 6.61 Å². The molecule has 0 bridgehead atoms. The number of hydrogen-bond donors (Lipinski definition) is 6. The van der Waals surface area contributed by atoms with E-state index < -0.39 is 75.7 Å². The third kappa shape index (κ3) is 33.9. The first kappa shape index (κ1) is 61.9. The lowest BCUT2D eigenvalue weighted by molar-refractivity contribution is -0.220. The molecule has 0 aliphatic heterocycles. The van der Waals surface area contributed by atoms with E-state index in [0.29, 0.717) is 12.8 Å². The first-order chi connectivity index (χ1) is 31.4. The minimum Gasteiger partial charge on any atom is -0.462 e. The summed E-state index contributed by atoms with van der Waals surface area (Å²) in [5.74, 6) is -1.08. The number of hydrogen-bond acceptors (Lipinski definition) is 12. The monoisotopic (exact) mass is 951 g/mol. The van der Waals surface area contributed by atoms with Gasteiger partial charge in [0.15, 0.2) is 6.10 Å². The molecule has 0 amide bonds. The van der Waals surface area contributed by atoms with Gasteiger partial charge >= 0.3 is 19.8 Å². The Labute approximate surface area is 395 Å². The highest BCUT2D eigenvalue weighted by atomic mass is 31.2. The Morgan fingerprint density at radius 1 is 0.415 bits per heavy atom. The van der Waals surface area contributed by atoms with E-state index >= 15 is 0 Å². The molecule has 1 saturated carbocycles. The zero-order valence-corrected chi connectivity index (χ0v) is 42.2. The molecule has 6 unspecified atom stereocenters. The van der Waals surface area contributed by atoms with Crippen molar-refractivity contribution in [3.63, 3.8) is 0 Å². The number of phosphoric acid groups is 1. The number of phosphoric ester groups is 1. The van der Waals surface area contributed by atoms with Crippen LogP contribution in [0.25, 0.3) is 0 Å². The van der Waals surface area contributed by atoms with Crippen LogP contribution >= 0.6 is 7.82 Å². The van der Waals surface area contributed by atoms with Crippen LogP contribution in [0, 0.1) is 0 Å². The van der Waals surface area contributed by atoms with Crippen molar-refractivity contribution >= 4 is 19.8 Å². The van der Waals surface area contributed by atoms with Crippen LogP contribution in [-0.4, -0.2) is 98.3 Å². The molecule has 13 nitrogen and oxygen atoms in total. The maximum atomic E-state index is 12.9. The van der Waals surface area contributed by atoms with Crippen molar-refractivity contribution in [3.8, 4) is 0 Å². The number of unbranched alkanes of at least 4 members (excludes halogenated alkanes) is 34. The van der Waals surface area contributed by atoms with Crippen LogP contribution < -0.4 is 0 Å². The van der Waals surface area contributed by atoms with Crippen molar-refractivity contribution in [1.29, 1.82) is 0 Å². The fourth-order valence-corrected chi connectivity index (χ4v) is 9.62. The maximum absolute atomic E-state index is 12.9. The third-order valence-electron chi connectivity index (χ3n) is 12.9. The number of carbonyl (C=O) groups excluding carboxylic acids is 2. The second kappa shape index (κ2) is 41.8. The van der Waals surface area contributed by atoms with Crippen molar-refractivity contribution in [3.05, 3.63) is 0 Å². The summed E-state index contributed by atoms with van der Waals surface area (Å²) in [6.45, 7) is 3.36. The normalized spacial score (nSPS) is 21.3. The second-order valence-electron chi connectivity index (χ2n) is 19.1. The van der Waals surface area contributed by atoms with E-state index in [-0.39, 0.29) is 12.8 Å². The summed E-state index contributed by atoms with van der Waals surface area (Å²) in [5, 5.41) is 50.3. The average molecular weight is 951 g/mol. The van der Waals surface area contributed by atoms with Crippen molar-refractivity contribution < 1.29 is 63.1 Å². The van der Waals surface area contributed by atoms with Gasteiger partial charge in [0.1, 0.15) is 43.2 Å². The fraction of sp³-hybridized carbons (Fsp3) is 0.961. The molecule has 1 aliphatic carbocycles. The Kier molecular flexibility index (Phi) is 39.8. The Bertz CT molecular complexity index is 1150. The van der Waals surface area contributed by atoms with Crippen LogP contribution in [0.15, 0.2) is 0 Å². The van der Waals surface area contributed by atoms with Crippen LogP contribution in [-0.2, 0) is 32.7 Å². The number of rotatable bonds is 46. The Morgan fingerprint density at radius 2 is 0.692 bits per heavy atom. The molecule has 1 aliphatic rings. The van der Waals surface area contributed by atoms with Gasteiger partial charge in [0.25, 0.3) is 0 Å². The molecule has 0 heterocycles. The number of carbonyl (C=O) groups is 2. The van der Waals surface area contributed by atoms with Crippen molar-refractivity contribution in [2.45, 2.75) is 301 Å². The van der Waals surface area contributed by atoms with Gasteiger partial charge in [-0.05, 0) is 12.8 Å². The molecule has 0 aromatic carbocycles. The molecule has 0 aromatic heterocycles. The lowest BCUT2D eigenvalue weighted by atomic mass is 9.85. The number of aliphatic hydroxyl groups is 5. The maximum Gasteiger partial charge on any atom is 0.472 e. The number of ether oxygens (including phenoxy) is 2. The Morgan fingerprint density at radius 3 is 1.02 bits per heavy atom. The van der Waals surface area contributed by atoms with Gasteiger partial charge in [-0.15, -0.1) is 0 Å². The fourth-order valence-electron chi connectivity index (χ4n) is 8.64. The quantitative estimate of drug-likeness (QED) is 0.0191. The molecule has 65 heavy (non-hydrogen) atoms. The smallest absolute Gasteiger partial charge is 0.462 e. The largest absolute Gasteiger partial charge is 0.472 e. The molecule has 1 fully saturated rings. The molecule has 0 saturated heterocycles. The first-order valence-electron chi connectivity index (χ1n) is 26.8. The highest BCUT2D eigenvalue weighted by Crippen LogP contribution is 2.47. The Balaban J connectivity index is 2.36. The van der Waals surface area contributed by atoms with Crippen LogP contribution in [0.3, 0.4) is 0 Å². The molecule has 6 N–H and O–H groups in total. The number of esters is 2. The minimum absolute atomic E-state index is 0.105.